The van der Waals surface area contributed by atoms with E-state index in [4.69, 9.17) is 5.73 Å². The van der Waals surface area contributed by atoms with Gasteiger partial charge in [-0.05, 0) is 6.26 Å². The fourth-order valence-corrected chi connectivity index (χ4v) is 0.859. The summed E-state index contributed by atoms with van der Waals surface area (Å²) in [6, 6.07) is 0. The maximum absolute atomic E-state index is 11.2. The van der Waals surface area contributed by atoms with Crippen molar-refractivity contribution >= 4 is 17.7 Å². The Labute approximate surface area is 78.5 Å². The maximum Gasteiger partial charge on any atom is 0.224 e. The molecule has 0 rings (SSSR count). The van der Waals surface area contributed by atoms with Gasteiger partial charge in [0, 0.05) is 24.3 Å². The summed E-state index contributed by atoms with van der Waals surface area (Å²) in [6.07, 6.45) is 2.03. The quantitative estimate of drug-likeness (QED) is 0.662. The summed E-state index contributed by atoms with van der Waals surface area (Å²) in [5, 5.41) is 3.32. The van der Waals surface area contributed by atoms with E-state index in [0.717, 1.165) is 6.54 Å². The van der Waals surface area contributed by atoms with Gasteiger partial charge in [0.05, 0.1) is 0 Å². The van der Waals surface area contributed by atoms with Crippen LogP contribution in [0, 0.1) is 5.92 Å². The second kappa shape index (κ2) is 6.31. The third-order valence-electron chi connectivity index (χ3n) is 1.77. The monoisotopic (exact) mass is 190 g/mol. The van der Waals surface area contributed by atoms with Crippen molar-refractivity contribution in [3.63, 3.8) is 0 Å². The smallest absolute Gasteiger partial charge is 0.224 e. The van der Waals surface area contributed by atoms with E-state index < -0.39 is 0 Å². The molecule has 0 fully saturated rings. The zero-order chi connectivity index (χ0) is 9.56. The predicted molar refractivity (Wildman–Crippen MR) is 54.2 cm³/mol. The zero-order valence-electron chi connectivity index (χ0n) is 7.96. The molecule has 2 unspecified atom stereocenters. The number of carbonyl (C=O) groups excluding carboxylic acids is 1. The number of hydrogen-bond acceptors (Lipinski definition) is 3. The fraction of sp³-hybridized carbons (Fsp3) is 0.875. The Hall–Kier alpha value is -0.220. The van der Waals surface area contributed by atoms with Crippen LogP contribution >= 0.6 is 11.8 Å². The lowest BCUT2D eigenvalue weighted by atomic mass is 10.2. The molecule has 0 heterocycles. The average Bonchev–Trinajstić information content (AvgIpc) is 2.11. The summed E-state index contributed by atoms with van der Waals surface area (Å²) in [7, 11) is 0. The first-order valence-corrected chi connectivity index (χ1v) is 5.41. The van der Waals surface area contributed by atoms with Crippen molar-refractivity contribution < 1.29 is 4.79 Å². The number of rotatable bonds is 5. The van der Waals surface area contributed by atoms with E-state index in [1.54, 1.807) is 11.8 Å². The van der Waals surface area contributed by atoms with Crippen molar-refractivity contribution in [2.24, 2.45) is 11.7 Å². The van der Waals surface area contributed by atoms with Gasteiger partial charge in [-0.2, -0.15) is 11.8 Å². The van der Waals surface area contributed by atoms with Gasteiger partial charge in [-0.1, -0.05) is 13.8 Å². The van der Waals surface area contributed by atoms with Crippen LogP contribution in [-0.4, -0.2) is 30.5 Å². The molecule has 0 aliphatic carbocycles. The van der Waals surface area contributed by atoms with Crippen molar-refractivity contribution in [1.82, 2.24) is 5.32 Å². The average molecular weight is 190 g/mol. The molecule has 0 aliphatic rings. The van der Waals surface area contributed by atoms with Crippen LogP contribution in [0.1, 0.15) is 13.8 Å². The first-order chi connectivity index (χ1) is 5.61. The molecule has 0 aliphatic heterocycles. The summed E-state index contributed by atoms with van der Waals surface area (Å²) >= 11 is 1.74. The molecule has 0 spiro atoms. The molecule has 0 bridgehead atoms. The number of hydrogen-bond donors (Lipinski definition) is 2. The van der Waals surface area contributed by atoms with Gasteiger partial charge in [-0.3, -0.25) is 4.79 Å². The zero-order valence-corrected chi connectivity index (χ0v) is 8.78. The van der Waals surface area contributed by atoms with E-state index >= 15 is 0 Å². The van der Waals surface area contributed by atoms with Crippen LogP contribution < -0.4 is 11.1 Å². The SMILES string of the molecule is CSC(C)CNC(=O)C(C)CN. The molecule has 4 heteroatoms. The first kappa shape index (κ1) is 11.8. The van der Waals surface area contributed by atoms with E-state index in [1.165, 1.54) is 0 Å². The van der Waals surface area contributed by atoms with Gasteiger partial charge >= 0.3 is 0 Å². The second-order valence-electron chi connectivity index (χ2n) is 2.93. The predicted octanol–water partition coefficient (Wildman–Crippen LogP) is 0.449. The number of nitrogens with two attached hydrogens (primary N) is 1. The van der Waals surface area contributed by atoms with E-state index in [9.17, 15) is 4.79 Å². The Morgan fingerprint density at radius 1 is 1.58 bits per heavy atom. The third-order valence-corrected chi connectivity index (χ3v) is 2.74. The van der Waals surface area contributed by atoms with Crippen LogP contribution in [0.2, 0.25) is 0 Å². The van der Waals surface area contributed by atoms with Crippen LogP contribution in [0.25, 0.3) is 0 Å². The fourth-order valence-electron chi connectivity index (χ4n) is 0.609. The summed E-state index contributed by atoms with van der Waals surface area (Å²) < 4.78 is 0. The molecule has 1 amide bonds. The molecular formula is C8H18N2OS. The highest BCUT2D eigenvalue weighted by molar-refractivity contribution is 7.99. The summed E-state index contributed by atoms with van der Waals surface area (Å²) in [5.41, 5.74) is 5.35. The molecule has 2 atom stereocenters. The van der Waals surface area contributed by atoms with Crippen molar-refractivity contribution in [1.29, 1.82) is 0 Å². The van der Waals surface area contributed by atoms with E-state index in [0.29, 0.717) is 11.8 Å². The normalized spacial score (nSPS) is 15.3. The highest BCUT2D eigenvalue weighted by Gasteiger charge is 2.10. The Bertz CT molecular complexity index is 141. The minimum atomic E-state index is -0.0703. The summed E-state index contributed by atoms with van der Waals surface area (Å²) in [6.45, 7) is 5.06. The largest absolute Gasteiger partial charge is 0.355 e. The van der Waals surface area contributed by atoms with Gasteiger partial charge in [-0.25, -0.2) is 0 Å². The van der Waals surface area contributed by atoms with Crippen LogP contribution in [0.3, 0.4) is 0 Å². The van der Waals surface area contributed by atoms with Gasteiger partial charge in [0.2, 0.25) is 5.91 Å². The van der Waals surface area contributed by atoms with Gasteiger partial charge in [0.25, 0.3) is 0 Å². The molecule has 0 radical (unpaired) electrons. The molecule has 0 aromatic rings. The minimum Gasteiger partial charge on any atom is -0.355 e. The summed E-state index contributed by atoms with van der Waals surface area (Å²) in [5.74, 6) is -0.0162. The van der Waals surface area contributed by atoms with Crippen molar-refractivity contribution in [2.45, 2.75) is 19.1 Å². The molecule has 0 aromatic carbocycles. The van der Waals surface area contributed by atoms with Gasteiger partial charge in [0.15, 0.2) is 0 Å². The number of carbonyl (C=O) groups is 1. The van der Waals surface area contributed by atoms with Crippen LogP contribution in [0.5, 0.6) is 0 Å². The van der Waals surface area contributed by atoms with Crippen molar-refractivity contribution in [2.75, 3.05) is 19.3 Å². The Morgan fingerprint density at radius 2 is 2.17 bits per heavy atom. The van der Waals surface area contributed by atoms with Crippen molar-refractivity contribution in [3.05, 3.63) is 0 Å². The molecular weight excluding hydrogens is 172 g/mol. The topological polar surface area (TPSA) is 55.1 Å². The van der Waals surface area contributed by atoms with E-state index in [-0.39, 0.29) is 11.8 Å². The van der Waals surface area contributed by atoms with Crippen molar-refractivity contribution in [3.8, 4) is 0 Å². The van der Waals surface area contributed by atoms with E-state index in [1.807, 2.05) is 13.2 Å². The maximum atomic E-state index is 11.2. The Balaban J connectivity index is 3.56. The number of nitrogens with one attached hydrogen (secondary N) is 1. The minimum absolute atomic E-state index is 0.0541. The van der Waals surface area contributed by atoms with Gasteiger partial charge < -0.3 is 11.1 Å². The molecule has 12 heavy (non-hydrogen) atoms. The molecule has 3 N–H and O–H groups in total. The Morgan fingerprint density at radius 3 is 2.58 bits per heavy atom. The molecule has 3 nitrogen and oxygen atoms in total. The van der Waals surface area contributed by atoms with Crippen LogP contribution in [0.15, 0.2) is 0 Å². The summed E-state index contributed by atoms with van der Waals surface area (Å²) in [4.78, 5) is 11.2. The van der Waals surface area contributed by atoms with Crippen LogP contribution in [-0.2, 0) is 4.79 Å². The second-order valence-corrected chi connectivity index (χ2v) is 4.20. The standard InChI is InChI=1S/C8H18N2OS/c1-6(4-9)8(11)10-5-7(2)12-3/h6-7H,4-5,9H2,1-3H3,(H,10,11). The highest BCUT2D eigenvalue weighted by atomic mass is 32.2. The Kier molecular flexibility index (Phi) is 6.20. The van der Waals surface area contributed by atoms with Gasteiger partial charge in [0.1, 0.15) is 0 Å². The van der Waals surface area contributed by atoms with Gasteiger partial charge in [-0.15, -0.1) is 0 Å². The third kappa shape index (κ3) is 4.62. The van der Waals surface area contributed by atoms with Crippen LogP contribution in [0.4, 0.5) is 0 Å². The molecule has 0 aromatic heterocycles. The number of amides is 1. The van der Waals surface area contributed by atoms with E-state index in [2.05, 4.69) is 12.2 Å². The lowest BCUT2D eigenvalue weighted by molar-refractivity contribution is -0.124. The lowest BCUT2D eigenvalue weighted by Crippen LogP contribution is -2.36. The lowest BCUT2D eigenvalue weighted by Gasteiger charge is -2.12. The molecule has 0 saturated carbocycles. The molecule has 72 valence electrons. The first-order valence-electron chi connectivity index (χ1n) is 4.12. The molecule has 0 saturated heterocycles. The number of thioether (sulfide) groups is 1. The highest BCUT2D eigenvalue weighted by Crippen LogP contribution is 2.02.